The highest BCUT2D eigenvalue weighted by Crippen LogP contribution is 2.44. The second-order valence-corrected chi connectivity index (χ2v) is 13.2. The molecule has 4 aromatic heterocycles. The average Bonchev–Trinajstić information content (AvgIpc) is 3.85. The Morgan fingerprint density at radius 3 is 1.76 bits per heavy atom. The van der Waals surface area contributed by atoms with Gasteiger partial charge in [-0.25, -0.2) is 4.98 Å². The van der Waals surface area contributed by atoms with Crippen molar-refractivity contribution in [3.63, 3.8) is 0 Å². The van der Waals surface area contributed by atoms with Gasteiger partial charge in [-0.2, -0.15) is 0 Å². The lowest BCUT2D eigenvalue weighted by atomic mass is 10.0. The molecule has 0 aliphatic carbocycles. The van der Waals surface area contributed by atoms with Crippen LogP contribution in [0.4, 0.5) is 0 Å². The predicted octanol–water partition coefficient (Wildman–Crippen LogP) is 12.5. The van der Waals surface area contributed by atoms with Crippen molar-refractivity contribution < 1.29 is 4.42 Å². The fourth-order valence-corrected chi connectivity index (χ4v) is 8.01. The molecule has 0 N–H and O–H groups in total. The van der Waals surface area contributed by atoms with Crippen LogP contribution in [0.3, 0.4) is 0 Å². The monoisotopic (exact) mass is 651 g/mol. The molecule has 0 bridgehead atoms. The van der Waals surface area contributed by atoms with E-state index >= 15 is 0 Å². The van der Waals surface area contributed by atoms with Gasteiger partial charge in [0, 0.05) is 54.8 Å². The van der Waals surface area contributed by atoms with Crippen LogP contribution >= 0.6 is 0 Å². The lowest BCUT2D eigenvalue weighted by Gasteiger charge is -2.10. The van der Waals surface area contributed by atoms with Gasteiger partial charge in [-0.3, -0.25) is 0 Å². The van der Waals surface area contributed by atoms with Gasteiger partial charge in [0.05, 0.1) is 33.5 Å². The molecule has 238 valence electrons. The van der Waals surface area contributed by atoms with E-state index in [9.17, 15) is 0 Å². The smallest absolute Gasteiger partial charge is 0.160 e. The maximum Gasteiger partial charge on any atom is 0.160 e. The highest BCUT2D eigenvalue weighted by Gasteiger charge is 2.22. The van der Waals surface area contributed by atoms with E-state index in [2.05, 4.69) is 173 Å². The minimum atomic E-state index is 0.897. The van der Waals surface area contributed by atoms with Crippen molar-refractivity contribution in [3.05, 3.63) is 176 Å². The van der Waals surface area contributed by atoms with Gasteiger partial charge < -0.3 is 13.6 Å². The first-order chi connectivity index (χ1) is 25.3. The summed E-state index contributed by atoms with van der Waals surface area (Å²) in [6.07, 6.45) is 0. The van der Waals surface area contributed by atoms with Gasteiger partial charge in [0.15, 0.2) is 5.58 Å². The number of para-hydroxylation sites is 3. The number of pyridine rings is 1. The maximum atomic E-state index is 6.67. The summed E-state index contributed by atoms with van der Waals surface area (Å²) in [5.74, 6) is 0. The lowest BCUT2D eigenvalue weighted by Crippen LogP contribution is -1.95. The SMILES string of the molecule is c1ccc(-c2cccc(-c3ccc4c(c3)c3cc5c6ccc7c8ccccc8oc7c6n(-c6ccccc6)c5cc3n4-c3ccccc3)n2)cc1. The predicted molar refractivity (Wildman–Crippen MR) is 211 cm³/mol. The van der Waals surface area contributed by atoms with Crippen molar-refractivity contribution in [1.29, 1.82) is 0 Å². The van der Waals surface area contributed by atoms with Crippen LogP contribution in [0.1, 0.15) is 0 Å². The average molecular weight is 652 g/mol. The highest BCUT2D eigenvalue weighted by atomic mass is 16.3. The van der Waals surface area contributed by atoms with E-state index in [1.807, 2.05) is 12.1 Å². The normalized spacial score (nSPS) is 11.9. The third-order valence-corrected chi connectivity index (χ3v) is 10.3. The van der Waals surface area contributed by atoms with Crippen LogP contribution in [0, 0.1) is 0 Å². The Bertz CT molecular complexity index is 3120. The largest absolute Gasteiger partial charge is 0.454 e. The van der Waals surface area contributed by atoms with Crippen LogP contribution in [0.5, 0.6) is 0 Å². The first-order valence-electron chi connectivity index (χ1n) is 17.3. The molecule has 0 spiro atoms. The van der Waals surface area contributed by atoms with Crippen LogP contribution in [0.15, 0.2) is 180 Å². The van der Waals surface area contributed by atoms with Crippen molar-refractivity contribution in [2.45, 2.75) is 0 Å². The zero-order valence-electron chi connectivity index (χ0n) is 27.5. The molecule has 0 fully saturated rings. The van der Waals surface area contributed by atoms with E-state index in [1.165, 1.54) is 16.2 Å². The Balaban J connectivity index is 1.25. The van der Waals surface area contributed by atoms with Crippen molar-refractivity contribution >= 4 is 65.6 Å². The van der Waals surface area contributed by atoms with Gasteiger partial charge in [-0.15, -0.1) is 0 Å². The first kappa shape index (κ1) is 28.0. The summed E-state index contributed by atoms with van der Waals surface area (Å²) in [7, 11) is 0. The molecule has 0 amide bonds. The van der Waals surface area contributed by atoms with Crippen LogP contribution < -0.4 is 0 Å². The number of furan rings is 1. The second kappa shape index (κ2) is 10.8. The number of aromatic nitrogens is 3. The van der Waals surface area contributed by atoms with Crippen molar-refractivity contribution in [2.24, 2.45) is 0 Å². The molecule has 0 radical (unpaired) electrons. The van der Waals surface area contributed by atoms with E-state index in [1.54, 1.807) is 0 Å². The molecule has 0 saturated carbocycles. The summed E-state index contributed by atoms with van der Waals surface area (Å²) in [5.41, 5.74) is 12.6. The quantitative estimate of drug-likeness (QED) is 0.190. The van der Waals surface area contributed by atoms with E-state index in [0.29, 0.717) is 0 Å². The molecule has 0 aliphatic heterocycles. The Hall–Kier alpha value is -6.91. The zero-order valence-corrected chi connectivity index (χ0v) is 27.5. The summed E-state index contributed by atoms with van der Waals surface area (Å²) in [4.78, 5) is 5.12. The Morgan fingerprint density at radius 1 is 0.373 bits per heavy atom. The van der Waals surface area contributed by atoms with E-state index in [4.69, 9.17) is 9.40 Å². The van der Waals surface area contributed by atoms with Gasteiger partial charge in [0.1, 0.15) is 5.58 Å². The van der Waals surface area contributed by atoms with Gasteiger partial charge in [-0.1, -0.05) is 103 Å². The van der Waals surface area contributed by atoms with Crippen molar-refractivity contribution in [2.75, 3.05) is 0 Å². The van der Waals surface area contributed by atoms with E-state index < -0.39 is 0 Å². The highest BCUT2D eigenvalue weighted by molar-refractivity contribution is 6.25. The first-order valence-corrected chi connectivity index (χ1v) is 17.3. The fourth-order valence-electron chi connectivity index (χ4n) is 8.01. The van der Waals surface area contributed by atoms with Crippen molar-refractivity contribution in [1.82, 2.24) is 14.1 Å². The van der Waals surface area contributed by atoms with Crippen molar-refractivity contribution in [3.8, 4) is 33.9 Å². The zero-order chi connectivity index (χ0) is 33.5. The topological polar surface area (TPSA) is 35.9 Å². The maximum absolute atomic E-state index is 6.67. The molecule has 4 heterocycles. The summed E-state index contributed by atoms with van der Waals surface area (Å²) in [6.45, 7) is 0. The number of hydrogen-bond donors (Lipinski definition) is 0. The number of hydrogen-bond acceptors (Lipinski definition) is 2. The minimum absolute atomic E-state index is 0.897. The standard InChI is InChI=1S/C47H29N3O/c1-4-13-30(14-5-1)40-20-12-21-41(48-40)31-23-26-42-37(27-31)39-28-38-35-24-25-36-34-19-10-11-22-45(34)51-47(36)46(35)50(33-17-8-3-9-18-33)44(38)29-43(39)49(42)32-15-6-2-7-16-32/h1-29H. The molecule has 0 atom stereocenters. The molecule has 11 rings (SSSR count). The summed E-state index contributed by atoms with van der Waals surface area (Å²) in [6, 6.07) is 62.3. The molecule has 4 heteroatoms. The fraction of sp³-hybridized carbons (Fsp3) is 0. The number of benzene rings is 7. The molecule has 0 saturated heterocycles. The van der Waals surface area contributed by atoms with Gasteiger partial charge >= 0.3 is 0 Å². The third kappa shape index (κ3) is 4.17. The minimum Gasteiger partial charge on any atom is -0.454 e. The van der Waals surface area contributed by atoms with Gasteiger partial charge in [0.25, 0.3) is 0 Å². The molecule has 0 unspecified atom stereocenters. The molecular weight excluding hydrogens is 623 g/mol. The van der Waals surface area contributed by atoms with Crippen LogP contribution in [-0.2, 0) is 0 Å². The molecule has 51 heavy (non-hydrogen) atoms. The van der Waals surface area contributed by atoms with E-state index in [-0.39, 0.29) is 0 Å². The van der Waals surface area contributed by atoms with Crippen LogP contribution in [0.25, 0.3) is 99.4 Å². The lowest BCUT2D eigenvalue weighted by molar-refractivity contribution is 0.671. The summed E-state index contributed by atoms with van der Waals surface area (Å²) in [5, 5.41) is 6.98. The Labute approximate surface area is 293 Å². The number of nitrogens with zero attached hydrogens (tertiary/aromatic N) is 3. The molecule has 0 aliphatic rings. The number of rotatable bonds is 4. The van der Waals surface area contributed by atoms with E-state index in [0.717, 1.165) is 83.3 Å². The Kier molecular flexibility index (Phi) is 5.92. The summed E-state index contributed by atoms with van der Waals surface area (Å²) >= 11 is 0. The van der Waals surface area contributed by atoms with Crippen LogP contribution in [-0.4, -0.2) is 14.1 Å². The van der Waals surface area contributed by atoms with Gasteiger partial charge in [-0.05, 0) is 72.8 Å². The molecule has 7 aromatic carbocycles. The molecule has 11 aromatic rings. The third-order valence-electron chi connectivity index (χ3n) is 10.3. The molecular formula is C47H29N3O. The second-order valence-electron chi connectivity index (χ2n) is 13.2. The summed E-state index contributed by atoms with van der Waals surface area (Å²) < 4.78 is 11.4. The van der Waals surface area contributed by atoms with Crippen LogP contribution in [0.2, 0.25) is 0 Å². The number of fused-ring (bicyclic) bond motifs is 10. The Morgan fingerprint density at radius 2 is 0.980 bits per heavy atom. The molecule has 4 nitrogen and oxygen atoms in total. The van der Waals surface area contributed by atoms with Gasteiger partial charge in [0.2, 0.25) is 0 Å².